The molecule has 18 heavy (non-hydrogen) atoms. The van der Waals surface area contributed by atoms with Crippen LogP contribution in [0.15, 0.2) is 12.1 Å². The third kappa shape index (κ3) is 2.01. The molecule has 1 atom stereocenters. The van der Waals surface area contributed by atoms with Gasteiger partial charge in [0.25, 0.3) is 0 Å². The van der Waals surface area contributed by atoms with Gasteiger partial charge in [-0.25, -0.2) is 0 Å². The molecular formula is C11H16N6O. The standard InChI is InChI=1S/C11H16N6O/c18-8-9-4-2-1-3-7-16(9)11-6-5-10-12-14-15-17(10)13-11/h5-6,9,18H,1-4,7-8H2. The first-order valence-electron chi connectivity index (χ1n) is 6.31. The van der Waals surface area contributed by atoms with Gasteiger partial charge < -0.3 is 10.0 Å². The van der Waals surface area contributed by atoms with Crippen molar-refractivity contribution in [1.29, 1.82) is 0 Å². The summed E-state index contributed by atoms with van der Waals surface area (Å²) in [6.45, 7) is 1.08. The lowest BCUT2D eigenvalue weighted by Gasteiger charge is -2.29. The van der Waals surface area contributed by atoms with Gasteiger partial charge in [0.2, 0.25) is 0 Å². The van der Waals surface area contributed by atoms with Gasteiger partial charge in [0.05, 0.1) is 12.6 Å². The van der Waals surface area contributed by atoms with Crippen LogP contribution in [0.1, 0.15) is 25.7 Å². The van der Waals surface area contributed by atoms with Crippen LogP contribution in [0.4, 0.5) is 5.82 Å². The van der Waals surface area contributed by atoms with Crippen LogP contribution in [0.3, 0.4) is 0 Å². The molecule has 1 saturated heterocycles. The van der Waals surface area contributed by atoms with Crippen molar-refractivity contribution in [3.8, 4) is 0 Å². The van der Waals surface area contributed by atoms with Gasteiger partial charge in [-0.15, -0.1) is 14.8 Å². The molecule has 0 saturated carbocycles. The number of aliphatic hydroxyl groups is 1. The van der Waals surface area contributed by atoms with Crippen LogP contribution in [-0.4, -0.2) is 49.6 Å². The molecule has 0 bridgehead atoms. The molecule has 7 heteroatoms. The Morgan fingerprint density at radius 3 is 3.11 bits per heavy atom. The number of hydrogen-bond donors (Lipinski definition) is 1. The van der Waals surface area contributed by atoms with Gasteiger partial charge in [-0.2, -0.15) is 0 Å². The smallest absolute Gasteiger partial charge is 0.200 e. The quantitative estimate of drug-likeness (QED) is 0.821. The molecule has 0 amide bonds. The molecule has 2 aromatic rings. The summed E-state index contributed by atoms with van der Waals surface area (Å²) in [5.41, 5.74) is 0.633. The van der Waals surface area contributed by atoms with E-state index in [0.717, 1.165) is 31.6 Å². The maximum Gasteiger partial charge on any atom is 0.200 e. The summed E-state index contributed by atoms with van der Waals surface area (Å²) in [5.74, 6) is 0.829. The fourth-order valence-corrected chi connectivity index (χ4v) is 2.46. The number of rotatable bonds is 2. The van der Waals surface area contributed by atoms with Gasteiger partial charge in [0, 0.05) is 6.54 Å². The van der Waals surface area contributed by atoms with Crippen LogP contribution in [0.5, 0.6) is 0 Å². The monoisotopic (exact) mass is 248 g/mol. The minimum atomic E-state index is 0.147. The third-order valence-electron chi connectivity index (χ3n) is 3.44. The van der Waals surface area contributed by atoms with E-state index in [1.54, 1.807) is 0 Å². The highest BCUT2D eigenvalue weighted by atomic mass is 16.3. The van der Waals surface area contributed by atoms with Crippen molar-refractivity contribution in [1.82, 2.24) is 25.3 Å². The molecule has 0 spiro atoms. The zero-order chi connectivity index (χ0) is 12.4. The fraction of sp³-hybridized carbons (Fsp3) is 0.636. The first-order chi connectivity index (χ1) is 8.88. The van der Waals surface area contributed by atoms with Crippen LogP contribution in [0.25, 0.3) is 5.65 Å². The zero-order valence-electron chi connectivity index (χ0n) is 10.1. The molecule has 0 radical (unpaired) electrons. The molecule has 2 aromatic heterocycles. The molecule has 1 aliphatic rings. The minimum Gasteiger partial charge on any atom is -0.394 e. The number of anilines is 1. The van der Waals surface area contributed by atoms with Gasteiger partial charge in [0.1, 0.15) is 0 Å². The first kappa shape index (κ1) is 11.3. The number of aliphatic hydroxyl groups excluding tert-OH is 1. The Hall–Kier alpha value is -1.76. The topological polar surface area (TPSA) is 79.4 Å². The Balaban J connectivity index is 1.94. The van der Waals surface area contributed by atoms with Crippen LogP contribution in [0.2, 0.25) is 0 Å². The van der Waals surface area contributed by atoms with Crippen LogP contribution >= 0.6 is 0 Å². The summed E-state index contributed by atoms with van der Waals surface area (Å²) in [7, 11) is 0. The Kier molecular flexibility index (Phi) is 3.06. The van der Waals surface area contributed by atoms with Gasteiger partial charge >= 0.3 is 0 Å². The van der Waals surface area contributed by atoms with E-state index in [4.69, 9.17) is 0 Å². The lowest BCUT2D eigenvalue weighted by Crippen LogP contribution is -2.38. The largest absolute Gasteiger partial charge is 0.394 e. The molecule has 1 fully saturated rings. The van der Waals surface area contributed by atoms with E-state index < -0.39 is 0 Å². The fourth-order valence-electron chi connectivity index (χ4n) is 2.46. The van der Waals surface area contributed by atoms with Crippen LogP contribution in [-0.2, 0) is 0 Å². The van der Waals surface area contributed by atoms with E-state index in [0.29, 0.717) is 5.65 Å². The first-order valence-corrected chi connectivity index (χ1v) is 6.31. The van der Waals surface area contributed by atoms with E-state index in [2.05, 4.69) is 25.5 Å². The van der Waals surface area contributed by atoms with Crippen molar-refractivity contribution in [2.45, 2.75) is 31.7 Å². The number of fused-ring (bicyclic) bond motifs is 1. The van der Waals surface area contributed by atoms with Crippen molar-refractivity contribution in [2.75, 3.05) is 18.1 Å². The predicted octanol–water partition coefficient (Wildman–Crippen LogP) is 0.261. The second-order valence-electron chi connectivity index (χ2n) is 4.60. The van der Waals surface area contributed by atoms with E-state index in [1.165, 1.54) is 11.1 Å². The second kappa shape index (κ2) is 4.85. The van der Waals surface area contributed by atoms with Crippen molar-refractivity contribution in [2.24, 2.45) is 0 Å². The molecule has 96 valence electrons. The Labute approximate surface area is 104 Å². The number of nitrogens with zero attached hydrogens (tertiary/aromatic N) is 6. The normalized spacial score (nSPS) is 21.2. The van der Waals surface area contributed by atoms with Crippen LogP contribution < -0.4 is 4.90 Å². The Morgan fingerprint density at radius 1 is 1.28 bits per heavy atom. The summed E-state index contributed by atoms with van der Waals surface area (Å²) < 4.78 is 1.43. The molecule has 1 aliphatic heterocycles. The molecule has 1 unspecified atom stereocenters. The van der Waals surface area contributed by atoms with Crippen molar-refractivity contribution in [3.63, 3.8) is 0 Å². The Bertz CT molecular complexity index is 527. The molecular weight excluding hydrogens is 232 g/mol. The summed E-state index contributed by atoms with van der Waals surface area (Å²) in [4.78, 5) is 2.16. The maximum atomic E-state index is 9.50. The predicted molar refractivity (Wildman–Crippen MR) is 65.3 cm³/mol. The Morgan fingerprint density at radius 2 is 2.22 bits per heavy atom. The van der Waals surface area contributed by atoms with Crippen molar-refractivity contribution >= 4 is 11.5 Å². The summed E-state index contributed by atoms with van der Waals surface area (Å²) in [6, 6.07) is 3.91. The molecule has 3 rings (SSSR count). The number of tetrazole rings is 1. The SMILES string of the molecule is OCC1CCCCCN1c1ccc2nnnn2n1. The molecule has 0 aromatic carbocycles. The van der Waals surface area contributed by atoms with Gasteiger partial charge in [-0.1, -0.05) is 12.8 Å². The highest BCUT2D eigenvalue weighted by Crippen LogP contribution is 2.22. The average Bonchev–Trinajstić information content (AvgIpc) is 2.74. The maximum absolute atomic E-state index is 9.50. The van der Waals surface area contributed by atoms with Gasteiger partial charge in [-0.05, 0) is 35.4 Å². The van der Waals surface area contributed by atoms with Crippen LogP contribution in [0, 0.1) is 0 Å². The molecule has 1 N–H and O–H groups in total. The third-order valence-corrected chi connectivity index (χ3v) is 3.44. The average molecular weight is 248 g/mol. The number of aromatic nitrogens is 5. The van der Waals surface area contributed by atoms with Gasteiger partial charge in [0.15, 0.2) is 11.5 Å². The summed E-state index contributed by atoms with van der Waals surface area (Å²) in [5, 5.41) is 25.1. The number of hydrogen-bond acceptors (Lipinski definition) is 6. The highest BCUT2D eigenvalue weighted by molar-refractivity contribution is 5.45. The van der Waals surface area contributed by atoms with E-state index in [9.17, 15) is 5.11 Å². The zero-order valence-corrected chi connectivity index (χ0v) is 10.1. The molecule has 0 aliphatic carbocycles. The van der Waals surface area contributed by atoms with E-state index in [-0.39, 0.29) is 12.6 Å². The van der Waals surface area contributed by atoms with E-state index >= 15 is 0 Å². The van der Waals surface area contributed by atoms with Crippen molar-refractivity contribution < 1.29 is 5.11 Å². The lowest BCUT2D eigenvalue weighted by molar-refractivity contribution is 0.254. The van der Waals surface area contributed by atoms with E-state index in [1.807, 2.05) is 12.1 Å². The van der Waals surface area contributed by atoms with Crippen molar-refractivity contribution in [3.05, 3.63) is 12.1 Å². The summed E-state index contributed by atoms with van der Waals surface area (Å²) >= 11 is 0. The van der Waals surface area contributed by atoms with Gasteiger partial charge in [-0.3, -0.25) is 0 Å². The molecule has 7 nitrogen and oxygen atoms in total. The molecule has 3 heterocycles. The highest BCUT2D eigenvalue weighted by Gasteiger charge is 2.22. The lowest BCUT2D eigenvalue weighted by atomic mass is 10.1. The second-order valence-corrected chi connectivity index (χ2v) is 4.60. The summed E-state index contributed by atoms with van der Waals surface area (Å²) in [6.07, 6.45) is 4.51. The minimum absolute atomic E-state index is 0.147.